The Balaban J connectivity index is 0. The van der Waals surface area contributed by atoms with Crippen LogP contribution in [-0.2, 0) is 14.3 Å². The van der Waals surface area contributed by atoms with Gasteiger partial charge >= 0.3 is 11.9 Å². The number of aliphatic carboxylic acids is 1. The molecule has 0 spiro atoms. The van der Waals surface area contributed by atoms with Crippen LogP contribution in [0.15, 0.2) is 0 Å². The number of quaternary nitrogens is 1. The van der Waals surface area contributed by atoms with Gasteiger partial charge in [0.05, 0.1) is 27.6 Å². The maximum absolute atomic E-state index is 13.0. The summed E-state index contributed by atoms with van der Waals surface area (Å²) in [5.74, 6) is -1.09. The summed E-state index contributed by atoms with van der Waals surface area (Å²) in [6.45, 7) is 5.09. The van der Waals surface area contributed by atoms with E-state index in [1.807, 2.05) is 0 Å². The Kier molecular flexibility index (Phi) is 36.5. The van der Waals surface area contributed by atoms with Crippen LogP contribution in [0.25, 0.3) is 0 Å². The first-order valence-electron chi connectivity index (χ1n) is 21.4. The van der Waals surface area contributed by atoms with Crippen molar-refractivity contribution >= 4 is 24.3 Å². The molecule has 6 heteroatoms. The minimum Gasteiger partial charge on any atom is -0.481 e. The van der Waals surface area contributed by atoms with Crippen molar-refractivity contribution in [1.82, 2.24) is 0 Å². The third-order valence-corrected chi connectivity index (χ3v) is 10.0. The molecule has 0 aliphatic carbocycles. The summed E-state index contributed by atoms with van der Waals surface area (Å²) in [4.78, 5) is 25.0. The molecule has 0 aliphatic heterocycles. The molecule has 0 bridgehead atoms. The topological polar surface area (TPSA) is 63.6 Å². The second-order valence-corrected chi connectivity index (χ2v) is 16.4. The molecule has 1 N–H and O–H groups in total. The average Bonchev–Trinajstić information content (AvgIpc) is 3.01. The number of hydrogen-bond acceptors (Lipinski definition) is 3. The number of hydrogen-bond donors (Lipinski definition) is 1. The Morgan fingerprint density at radius 2 is 0.776 bits per heavy atom. The summed E-state index contributed by atoms with van der Waals surface area (Å²) in [7, 11) is 6.19. The zero-order valence-corrected chi connectivity index (χ0v) is 34.6. The minimum atomic E-state index is -0.924. The average molecular weight is 718 g/mol. The monoisotopic (exact) mass is 717 g/mol. The molecule has 0 heterocycles. The van der Waals surface area contributed by atoms with E-state index >= 15 is 0 Å². The third kappa shape index (κ3) is 36.8. The summed E-state index contributed by atoms with van der Waals surface area (Å²) in [5, 5.41) is 9.81. The van der Waals surface area contributed by atoms with Gasteiger partial charge in [0.15, 0.2) is 5.60 Å². The van der Waals surface area contributed by atoms with E-state index in [1.54, 1.807) is 0 Å². The Morgan fingerprint density at radius 3 is 1.06 bits per heavy atom. The first-order valence-corrected chi connectivity index (χ1v) is 21.4. The number of carbonyl (C=O) groups excluding carboxylic acids is 1. The van der Waals surface area contributed by atoms with Crippen molar-refractivity contribution in [2.45, 2.75) is 238 Å². The number of ether oxygens (including phenoxy) is 1. The first kappa shape index (κ1) is 50.3. The maximum atomic E-state index is 13.0. The molecule has 0 saturated heterocycles. The Labute approximate surface area is 312 Å². The predicted octanol–water partition coefficient (Wildman–Crippen LogP) is 13.8. The van der Waals surface area contributed by atoms with E-state index in [2.05, 4.69) is 35.0 Å². The summed E-state index contributed by atoms with van der Waals surface area (Å²) < 4.78 is 6.71. The van der Waals surface area contributed by atoms with Crippen LogP contribution in [0.1, 0.15) is 232 Å². The van der Waals surface area contributed by atoms with Crippen molar-refractivity contribution in [3.8, 4) is 0 Å². The Bertz CT molecular complexity index is 725. The lowest BCUT2D eigenvalue weighted by molar-refractivity contribution is -0.876. The number of unbranched alkanes of at least 4 members (excludes halogenated alkanes) is 29. The van der Waals surface area contributed by atoms with Gasteiger partial charge in [-0.1, -0.05) is 200 Å². The summed E-state index contributed by atoms with van der Waals surface area (Å²) in [6, 6.07) is 0. The number of carboxylic acid groups (broad SMARTS) is 1. The van der Waals surface area contributed by atoms with Crippen LogP contribution in [0.4, 0.5) is 0 Å². The van der Waals surface area contributed by atoms with Crippen molar-refractivity contribution < 1.29 is 23.9 Å². The molecule has 294 valence electrons. The highest BCUT2D eigenvalue weighted by molar-refractivity contribution is 5.85. The minimum absolute atomic E-state index is 0. The van der Waals surface area contributed by atoms with Crippen LogP contribution in [0.3, 0.4) is 0 Å². The van der Waals surface area contributed by atoms with Crippen molar-refractivity contribution in [2.75, 3.05) is 27.7 Å². The van der Waals surface area contributed by atoms with Gasteiger partial charge in [-0.3, -0.25) is 9.59 Å². The van der Waals surface area contributed by atoms with Crippen molar-refractivity contribution in [2.24, 2.45) is 0 Å². The van der Waals surface area contributed by atoms with Gasteiger partial charge in [0.2, 0.25) is 0 Å². The van der Waals surface area contributed by atoms with Gasteiger partial charge in [0.1, 0.15) is 6.54 Å². The van der Waals surface area contributed by atoms with Gasteiger partial charge in [0, 0.05) is 6.42 Å². The molecule has 0 fully saturated rings. The Hall–Kier alpha value is -0.810. The molecule has 0 saturated carbocycles. The molecule has 0 aromatic rings. The predicted molar refractivity (Wildman–Crippen MR) is 215 cm³/mol. The quantitative estimate of drug-likeness (QED) is 0.0392. The fourth-order valence-corrected chi connectivity index (χ4v) is 7.41. The normalized spacial score (nSPS) is 12.8. The van der Waals surface area contributed by atoms with Gasteiger partial charge < -0.3 is 14.3 Å². The van der Waals surface area contributed by atoms with E-state index in [0.717, 1.165) is 25.7 Å². The number of carbonyl (C=O) groups is 2. The molecule has 49 heavy (non-hydrogen) atoms. The van der Waals surface area contributed by atoms with E-state index in [0.29, 0.717) is 23.9 Å². The summed E-state index contributed by atoms with van der Waals surface area (Å²) in [5.41, 5.74) is -0.924. The number of carboxylic acids is 1. The standard InChI is InChI=1S/C43H85NO4.ClH/c1-6-8-10-12-14-16-18-20-22-24-26-28-30-32-34-36-38-43(39-41(45)46,40-44(3,4)5)48-42(47)37-35-33-31-29-27-25-23-21-19-17-15-13-11-9-7-2;/h6-40H2,1-5H3;1H/p+1. The molecular formula is C43H87ClNO4+. The van der Waals surface area contributed by atoms with Gasteiger partial charge in [-0.25, -0.2) is 0 Å². The smallest absolute Gasteiger partial charge is 0.307 e. The fraction of sp³-hybridized carbons (Fsp3) is 0.953. The van der Waals surface area contributed by atoms with Crippen molar-refractivity contribution in [1.29, 1.82) is 0 Å². The molecular weight excluding hydrogens is 630 g/mol. The van der Waals surface area contributed by atoms with Gasteiger partial charge in [-0.05, 0) is 19.3 Å². The molecule has 0 radical (unpaired) electrons. The summed E-state index contributed by atoms with van der Waals surface area (Å²) in [6.07, 6.45) is 41.3. The molecule has 1 unspecified atom stereocenters. The van der Waals surface area contributed by atoms with E-state index in [1.165, 1.54) is 173 Å². The van der Waals surface area contributed by atoms with Gasteiger partial charge in [-0.15, -0.1) is 12.4 Å². The number of nitrogens with zero attached hydrogens (tertiary/aromatic N) is 1. The molecule has 1 atom stereocenters. The van der Waals surface area contributed by atoms with Crippen LogP contribution >= 0.6 is 12.4 Å². The van der Waals surface area contributed by atoms with Crippen LogP contribution in [0.2, 0.25) is 0 Å². The lowest BCUT2D eigenvalue weighted by atomic mass is 9.90. The van der Waals surface area contributed by atoms with Crippen molar-refractivity contribution in [3.63, 3.8) is 0 Å². The molecule has 0 aromatic carbocycles. The van der Waals surface area contributed by atoms with E-state index < -0.39 is 11.6 Å². The third-order valence-electron chi connectivity index (χ3n) is 10.0. The number of halogens is 1. The number of esters is 1. The molecule has 0 aromatic heterocycles. The number of rotatable bonds is 38. The largest absolute Gasteiger partial charge is 0.481 e. The van der Waals surface area contributed by atoms with E-state index in [4.69, 9.17) is 4.74 Å². The van der Waals surface area contributed by atoms with E-state index in [-0.39, 0.29) is 24.8 Å². The highest BCUT2D eigenvalue weighted by Gasteiger charge is 2.41. The highest BCUT2D eigenvalue weighted by Crippen LogP contribution is 2.29. The zero-order chi connectivity index (χ0) is 35.6. The number of likely N-dealkylation sites (N-methyl/N-ethyl adjacent to an activating group) is 1. The highest BCUT2D eigenvalue weighted by atomic mass is 35.5. The fourth-order valence-electron chi connectivity index (χ4n) is 7.41. The van der Waals surface area contributed by atoms with E-state index in [9.17, 15) is 14.7 Å². The van der Waals surface area contributed by atoms with Crippen LogP contribution in [0.5, 0.6) is 0 Å². The second-order valence-electron chi connectivity index (χ2n) is 16.4. The lowest BCUT2D eigenvalue weighted by Crippen LogP contribution is -2.52. The zero-order valence-electron chi connectivity index (χ0n) is 33.8. The molecule has 5 nitrogen and oxygen atoms in total. The van der Waals surface area contributed by atoms with Crippen LogP contribution in [-0.4, -0.2) is 54.8 Å². The van der Waals surface area contributed by atoms with Gasteiger partial charge in [0.25, 0.3) is 0 Å². The molecule has 0 aliphatic rings. The second kappa shape index (κ2) is 35.6. The lowest BCUT2D eigenvalue weighted by Gasteiger charge is -2.38. The Morgan fingerprint density at radius 1 is 0.490 bits per heavy atom. The van der Waals surface area contributed by atoms with Crippen molar-refractivity contribution in [3.05, 3.63) is 0 Å². The SMILES string of the molecule is CCCCCCCCCCCCCCCCCCC(CC(=O)O)(C[N+](C)(C)C)OC(=O)CCCCCCCCCCCCCCCCC.Cl. The molecule has 0 rings (SSSR count). The van der Waals surface area contributed by atoms with Gasteiger partial charge in [-0.2, -0.15) is 0 Å². The van der Waals surface area contributed by atoms with Crippen LogP contribution in [0, 0.1) is 0 Å². The first-order chi connectivity index (χ1) is 23.1. The maximum Gasteiger partial charge on any atom is 0.307 e. The summed E-state index contributed by atoms with van der Waals surface area (Å²) >= 11 is 0. The van der Waals surface area contributed by atoms with Crippen LogP contribution < -0.4 is 0 Å². The molecule has 0 amide bonds.